The molecule has 28 heavy (non-hydrogen) atoms. The number of ether oxygens (including phenoxy) is 2. The van der Waals surface area contributed by atoms with Crippen molar-refractivity contribution in [1.82, 2.24) is 15.4 Å². The summed E-state index contributed by atoms with van der Waals surface area (Å²) in [7, 11) is 0. The van der Waals surface area contributed by atoms with Gasteiger partial charge in [-0.1, -0.05) is 11.2 Å². The van der Waals surface area contributed by atoms with Gasteiger partial charge in [0.1, 0.15) is 0 Å². The number of aryl methyl sites for hydroxylation is 1. The van der Waals surface area contributed by atoms with Crippen molar-refractivity contribution in [2.24, 2.45) is 0 Å². The van der Waals surface area contributed by atoms with Crippen LogP contribution in [-0.4, -0.2) is 47.0 Å². The highest BCUT2D eigenvalue weighted by atomic mass is 32.2. The lowest BCUT2D eigenvalue weighted by atomic mass is 10.2. The van der Waals surface area contributed by atoms with E-state index in [1.165, 1.54) is 6.07 Å². The second-order valence-electron chi connectivity index (χ2n) is 6.03. The van der Waals surface area contributed by atoms with Gasteiger partial charge in [0, 0.05) is 19.2 Å². The van der Waals surface area contributed by atoms with Crippen LogP contribution < -0.4 is 14.8 Å². The Kier molecular flexibility index (Phi) is 4.78. The van der Waals surface area contributed by atoms with Crippen LogP contribution in [0.1, 0.15) is 21.8 Å². The quantitative estimate of drug-likeness (QED) is 0.759. The van der Waals surface area contributed by atoms with Gasteiger partial charge in [0.2, 0.25) is 12.6 Å². The number of carbonyl (C=O) groups is 3. The van der Waals surface area contributed by atoms with Crippen LogP contribution in [0.5, 0.6) is 11.5 Å². The minimum Gasteiger partial charge on any atom is -0.454 e. The zero-order valence-electron chi connectivity index (χ0n) is 14.8. The normalized spacial score (nSPS) is 16.9. The van der Waals surface area contributed by atoms with Crippen LogP contribution in [0.3, 0.4) is 0 Å². The molecule has 9 nitrogen and oxygen atoms in total. The molecule has 2 aliphatic heterocycles. The molecule has 1 N–H and O–H groups in total. The van der Waals surface area contributed by atoms with Crippen LogP contribution in [0.4, 0.5) is 4.79 Å². The summed E-state index contributed by atoms with van der Waals surface area (Å²) in [6.07, 6.45) is 1.63. The first kappa shape index (κ1) is 18.1. The van der Waals surface area contributed by atoms with Crippen LogP contribution in [-0.2, 0) is 4.79 Å². The molecule has 0 radical (unpaired) electrons. The molecular weight excluding hydrogens is 386 g/mol. The predicted molar refractivity (Wildman–Crippen MR) is 98.8 cm³/mol. The Labute approximate surface area is 163 Å². The summed E-state index contributed by atoms with van der Waals surface area (Å²) in [5, 5.41) is 5.84. The molecule has 0 aliphatic carbocycles. The topological polar surface area (TPSA) is 111 Å². The van der Waals surface area contributed by atoms with E-state index in [-0.39, 0.29) is 30.9 Å². The number of hydrogen-bond donors (Lipinski definition) is 1. The Morgan fingerprint density at radius 2 is 2.11 bits per heavy atom. The molecular formula is C18H15N3O6S. The van der Waals surface area contributed by atoms with E-state index in [2.05, 4.69) is 10.5 Å². The van der Waals surface area contributed by atoms with Gasteiger partial charge in [0.05, 0.1) is 10.6 Å². The fourth-order valence-corrected chi connectivity index (χ4v) is 3.55. The maximum atomic E-state index is 12.5. The van der Waals surface area contributed by atoms with Crippen LogP contribution >= 0.6 is 11.8 Å². The van der Waals surface area contributed by atoms with Crippen molar-refractivity contribution < 1.29 is 28.4 Å². The van der Waals surface area contributed by atoms with Crippen LogP contribution in [0.2, 0.25) is 0 Å². The minimum absolute atomic E-state index is 0.0575. The second-order valence-corrected chi connectivity index (χ2v) is 7.03. The molecule has 2 aliphatic rings. The summed E-state index contributed by atoms with van der Waals surface area (Å²) in [4.78, 5) is 38.0. The van der Waals surface area contributed by atoms with Gasteiger partial charge in [-0.3, -0.25) is 19.3 Å². The number of aromatic nitrogens is 1. The van der Waals surface area contributed by atoms with Crippen molar-refractivity contribution in [3.63, 3.8) is 0 Å². The van der Waals surface area contributed by atoms with E-state index in [0.29, 0.717) is 22.1 Å². The maximum Gasteiger partial charge on any atom is 0.293 e. The van der Waals surface area contributed by atoms with Gasteiger partial charge in [-0.15, -0.1) is 0 Å². The molecule has 3 heterocycles. The first-order valence-corrected chi connectivity index (χ1v) is 9.19. The van der Waals surface area contributed by atoms with Crippen molar-refractivity contribution in [1.29, 1.82) is 0 Å². The third-order valence-corrected chi connectivity index (χ3v) is 4.95. The Bertz CT molecular complexity index is 999. The predicted octanol–water partition coefficient (Wildman–Crippen LogP) is 2.18. The van der Waals surface area contributed by atoms with E-state index < -0.39 is 11.8 Å². The van der Waals surface area contributed by atoms with Crippen LogP contribution in [0, 0.1) is 6.92 Å². The van der Waals surface area contributed by atoms with Crippen LogP contribution in [0.15, 0.2) is 33.7 Å². The lowest BCUT2D eigenvalue weighted by molar-refractivity contribution is -0.122. The highest BCUT2D eigenvalue weighted by Crippen LogP contribution is 2.36. The molecule has 1 aromatic carbocycles. The number of hydrogen-bond acceptors (Lipinski definition) is 8. The Morgan fingerprint density at radius 3 is 2.89 bits per heavy atom. The lowest BCUT2D eigenvalue weighted by Crippen LogP contribution is -2.37. The third kappa shape index (κ3) is 3.58. The van der Waals surface area contributed by atoms with E-state index in [1.54, 1.807) is 31.2 Å². The van der Waals surface area contributed by atoms with E-state index >= 15 is 0 Å². The molecule has 3 amide bonds. The fraction of sp³-hybridized carbons (Fsp3) is 0.222. The van der Waals surface area contributed by atoms with Crippen molar-refractivity contribution >= 4 is 34.9 Å². The molecule has 10 heteroatoms. The first-order chi connectivity index (χ1) is 13.5. The maximum absolute atomic E-state index is 12.5. The summed E-state index contributed by atoms with van der Waals surface area (Å²) in [6.45, 7) is 2.03. The molecule has 1 fully saturated rings. The zero-order valence-corrected chi connectivity index (χ0v) is 15.6. The van der Waals surface area contributed by atoms with Gasteiger partial charge in [-0.25, -0.2) is 0 Å². The molecule has 0 atom stereocenters. The van der Waals surface area contributed by atoms with Gasteiger partial charge in [0.25, 0.3) is 17.1 Å². The molecule has 144 valence electrons. The molecule has 1 saturated heterocycles. The number of benzene rings is 1. The average molecular weight is 401 g/mol. The summed E-state index contributed by atoms with van der Waals surface area (Å²) in [5.74, 6) is 0.455. The van der Waals surface area contributed by atoms with E-state index in [0.717, 1.165) is 22.2 Å². The molecule has 2 aromatic rings. The summed E-state index contributed by atoms with van der Waals surface area (Å²) >= 11 is 0.854. The highest BCUT2D eigenvalue weighted by Gasteiger charge is 2.34. The first-order valence-electron chi connectivity index (χ1n) is 8.38. The van der Waals surface area contributed by atoms with Crippen molar-refractivity contribution in [2.45, 2.75) is 6.92 Å². The van der Waals surface area contributed by atoms with Crippen molar-refractivity contribution in [2.75, 3.05) is 19.9 Å². The van der Waals surface area contributed by atoms with Crippen LogP contribution in [0.25, 0.3) is 6.08 Å². The molecule has 0 unspecified atom stereocenters. The van der Waals surface area contributed by atoms with Crippen molar-refractivity contribution in [3.8, 4) is 11.5 Å². The molecule has 0 bridgehead atoms. The number of thioether (sulfide) groups is 1. The number of nitrogens with zero attached hydrogens (tertiary/aromatic N) is 2. The third-order valence-electron chi connectivity index (χ3n) is 4.04. The molecule has 4 rings (SSSR count). The Morgan fingerprint density at radius 1 is 1.29 bits per heavy atom. The number of rotatable bonds is 5. The molecule has 1 aromatic heterocycles. The monoisotopic (exact) mass is 401 g/mol. The smallest absolute Gasteiger partial charge is 0.293 e. The summed E-state index contributed by atoms with van der Waals surface area (Å²) in [5.41, 5.74) is 1.31. The van der Waals surface area contributed by atoms with Gasteiger partial charge >= 0.3 is 0 Å². The Balaban J connectivity index is 1.38. The fourth-order valence-electron chi connectivity index (χ4n) is 2.69. The number of nitrogens with one attached hydrogen (secondary N) is 1. The van der Waals surface area contributed by atoms with Gasteiger partial charge < -0.3 is 19.3 Å². The minimum atomic E-state index is -0.455. The second kappa shape index (κ2) is 7.39. The SMILES string of the molecule is Cc1cc(C(=O)NCCN2C(=O)S/C(=C\c3ccc4c(c3)OCO4)C2=O)on1. The Hall–Kier alpha value is -3.27. The summed E-state index contributed by atoms with van der Waals surface area (Å²) in [6, 6.07) is 6.78. The highest BCUT2D eigenvalue weighted by molar-refractivity contribution is 8.18. The van der Waals surface area contributed by atoms with E-state index in [4.69, 9.17) is 14.0 Å². The number of fused-ring (bicyclic) bond motifs is 1. The number of carbonyl (C=O) groups excluding carboxylic acids is 3. The average Bonchev–Trinajstić information content (AvgIpc) is 3.37. The number of amides is 3. The van der Waals surface area contributed by atoms with Crippen molar-refractivity contribution in [3.05, 3.63) is 46.2 Å². The van der Waals surface area contributed by atoms with E-state index in [1.807, 2.05) is 0 Å². The number of imide groups is 1. The van der Waals surface area contributed by atoms with E-state index in [9.17, 15) is 14.4 Å². The van der Waals surface area contributed by atoms with Gasteiger partial charge in [-0.05, 0) is 42.5 Å². The standard InChI is InChI=1S/C18H15N3O6S/c1-10-6-14(27-20-10)16(22)19-4-5-21-17(23)15(28-18(21)24)8-11-2-3-12-13(7-11)26-9-25-12/h2-3,6-8H,4-5,9H2,1H3,(H,19,22)/b15-8-. The zero-order chi connectivity index (χ0) is 19.7. The lowest BCUT2D eigenvalue weighted by Gasteiger charge is -2.12. The largest absolute Gasteiger partial charge is 0.454 e. The molecule has 0 saturated carbocycles. The van der Waals surface area contributed by atoms with Gasteiger partial charge in [-0.2, -0.15) is 0 Å². The summed E-state index contributed by atoms with van der Waals surface area (Å²) < 4.78 is 15.4. The van der Waals surface area contributed by atoms with Gasteiger partial charge in [0.15, 0.2) is 11.5 Å². The molecule has 0 spiro atoms.